The van der Waals surface area contributed by atoms with Crippen molar-refractivity contribution in [3.8, 4) is 5.75 Å². The van der Waals surface area contributed by atoms with E-state index < -0.39 is 0 Å². The first kappa shape index (κ1) is 20.9. The Morgan fingerprint density at radius 1 is 1.03 bits per heavy atom. The summed E-state index contributed by atoms with van der Waals surface area (Å²) in [5, 5.41) is 15.7. The fraction of sp³-hybridized carbons (Fsp3) is 0.0833. The number of hydrogen-bond acceptors (Lipinski definition) is 5. The molecular formula is C24H18ClN3O2S2. The minimum absolute atomic E-state index is 0.0793. The van der Waals surface area contributed by atoms with Gasteiger partial charge in [-0.1, -0.05) is 47.6 Å². The van der Waals surface area contributed by atoms with Crippen molar-refractivity contribution in [2.45, 2.75) is 22.1 Å². The molecule has 5 nitrogen and oxygen atoms in total. The van der Waals surface area contributed by atoms with E-state index in [-0.39, 0.29) is 17.8 Å². The van der Waals surface area contributed by atoms with Gasteiger partial charge in [0.05, 0.1) is 17.4 Å². The Labute approximate surface area is 200 Å². The molecule has 2 aromatic heterocycles. The summed E-state index contributed by atoms with van der Waals surface area (Å²) in [6, 6.07) is 23.9. The molecule has 1 aliphatic heterocycles. The summed E-state index contributed by atoms with van der Waals surface area (Å²) >= 11 is 13.5. The van der Waals surface area contributed by atoms with Crippen molar-refractivity contribution in [1.29, 1.82) is 0 Å². The predicted molar refractivity (Wildman–Crippen MR) is 130 cm³/mol. The van der Waals surface area contributed by atoms with Gasteiger partial charge < -0.3 is 19.7 Å². The van der Waals surface area contributed by atoms with Crippen molar-refractivity contribution in [2.75, 3.05) is 4.90 Å². The van der Waals surface area contributed by atoms with Gasteiger partial charge >= 0.3 is 0 Å². The van der Waals surface area contributed by atoms with E-state index in [0.29, 0.717) is 21.6 Å². The number of halogens is 1. The van der Waals surface area contributed by atoms with Crippen LogP contribution in [-0.4, -0.2) is 15.2 Å². The van der Waals surface area contributed by atoms with E-state index in [4.69, 9.17) is 28.2 Å². The molecular weight excluding hydrogens is 462 g/mol. The van der Waals surface area contributed by atoms with Gasteiger partial charge in [0, 0.05) is 16.1 Å². The van der Waals surface area contributed by atoms with E-state index >= 15 is 0 Å². The second-order valence-corrected chi connectivity index (χ2v) is 9.10. The van der Waals surface area contributed by atoms with Gasteiger partial charge in [0.15, 0.2) is 10.2 Å². The third-order valence-electron chi connectivity index (χ3n) is 5.15. The first-order chi connectivity index (χ1) is 15.6. The Kier molecular flexibility index (Phi) is 5.78. The largest absolute Gasteiger partial charge is 0.506 e. The quantitative estimate of drug-likeness (QED) is 0.323. The van der Waals surface area contributed by atoms with Gasteiger partial charge in [-0.05, 0) is 66.8 Å². The van der Waals surface area contributed by atoms with Gasteiger partial charge in [-0.15, -0.1) is 0 Å². The van der Waals surface area contributed by atoms with E-state index in [0.717, 1.165) is 15.7 Å². The van der Waals surface area contributed by atoms with Crippen LogP contribution >= 0.6 is 35.6 Å². The molecule has 1 fully saturated rings. The molecule has 0 amide bonds. The molecule has 0 spiro atoms. The van der Waals surface area contributed by atoms with E-state index in [9.17, 15) is 5.11 Å². The molecule has 8 heteroatoms. The summed E-state index contributed by atoms with van der Waals surface area (Å²) in [6.07, 6.45) is 1.75. The van der Waals surface area contributed by atoms with Crippen LogP contribution in [0.4, 0.5) is 5.69 Å². The highest BCUT2D eigenvalue weighted by Crippen LogP contribution is 2.46. The van der Waals surface area contributed by atoms with Crippen molar-refractivity contribution in [3.63, 3.8) is 0 Å². The van der Waals surface area contributed by atoms with Crippen LogP contribution in [0.1, 0.15) is 23.5 Å². The van der Waals surface area contributed by atoms with Gasteiger partial charge in [-0.2, -0.15) is 0 Å². The zero-order valence-electron chi connectivity index (χ0n) is 16.7. The molecule has 3 heterocycles. The number of pyridine rings is 1. The summed E-state index contributed by atoms with van der Waals surface area (Å²) in [5.41, 5.74) is 1.32. The summed E-state index contributed by atoms with van der Waals surface area (Å²) < 4.78 is 6.27. The maximum atomic E-state index is 10.6. The third kappa shape index (κ3) is 4.07. The van der Waals surface area contributed by atoms with Crippen LogP contribution in [0.3, 0.4) is 0 Å². The van der Waals surface area contributed by atoms with Gasteiger partial charge in [-0.25, -0.2) is 0 Å². The number of furan rings is 1. The highest BCUT2D eigenvalue weighted by Gasteiger charge is 2.43. The Bertz CT molecular complexity index is 1250. The number of aromatic nitrogens is 1. The van der Waals surface area contributed by atoms with Crippen molar-refractivity contribution in [1.82, 2.24) is 10.3 Å². The van der Waals surface area contributed by atoms with Gasteiger partial charge in [0.1, 0.15) is 17.6 Å². The monoisotopic (exact) mass is 479 g/mol. The Hall–Kier alpha value is -3.00. The molecule has 0 radical (unpaired) electrons. The van der Waals surface area contributed by atoms with E-state index in [1.807, 2.05) is 65.6 Å². The SMILES string of the molecule is Oc1ccc(Cl)cc1N1C(=S)N[C@H](c2ccccn2)[C@H]1c1ccc(Sc2ccccc2)o1. The Morgan fingerprint density at radius 2 is 1.84 bits per heavy atom. The van der Waals surface area contributed by atoms with Crippen LogP contribution < -0.4 is 10.2 Å². The number of phenolic OH excluding ortho intramolecular Hbond substituents is 1. The van der Waals surface area contributed by atoms with E-state index in [2.05, 4.69) is 10.3 Å². The predicted octanol–water partition coefficient (Wildman–Crippen LogP) is 6.36. The maximum Gasteiger partial charge on any atom is 0.174 e. The summed E-state index contributed by atoms with van der Waals surface area (Å²) in [7, 11) is 0. The molecule has 160 valence electrons. The summed E-state index contributed by atoms with van der Waals surface area (Å²) in [4.78, 5) is 7.45. The Balaban J connectivity index is 1.57. The molecule has 4 aromatic rings. The van der Waals surface area contributed by atoms with Gasteiger partial charge in [0.25, 0.3) is 0 Å². The zero-order chi connectivity index (χ0) is 22.1. The van der Waals surface area contributed by atoms with Crippen LogP contribution in [0.15, 0.2) is 99.5 Å². The molecule has 1 aliphatic rings. The van der Waals surface area contributed by atoms with Crippen LogP contribution in [0.25, 0.3) is 0 Å². The minimum Gasteiger partial charge on any atom is -0.506 e. The lowest BCUT2D eigenvalue weighted by Gasteiger charge is -2.26. The van der Waals surface area contributed by atoms with Crippen LogP contribution in [-0.2, 0) is 0 Å². The second-order valence-electron chi connectivity index (χ2n) is 7.20. The first-order valence-electron chi connectivity index (χ1n) is 9.92. The van der Waals surface area contributed by atoms with Crippen molar-refractivity contribution < 1.29 is 9.52 Å². The standard InChI is InChI=1S/C24H18ClN3O2S2/c25-15-9-10-19(29)18(14-15)28-23(22(27-24(28)31)17-8-4-5-13-26-17)20-11-12-21(30-20)32-16-6-2-1-3-7-16/h1-14,22-23,29H,(H,27,31)/t22-,23-/m1/s1. The molecule has 0 unspecified atom stereocenters. The number of rotatable bonds is 5. The maximum absolute atomic E-state index is 10.6. The lowest BCUT2D eigenvalue weighted by atomic mass is 10.0. The number of nitrogens with zero attached hydrogens (tertiary/aromatic N) is 2. The second kappa shape index (κ2) is 8.86. The highest BCUT2D eigenvalue weighted by molar-refractivity contribution is 7.99. The number of phenols is 1. The van der Waals surface area contributed by atoms with E-state index in [1.165, 1.54) is 0 Å². The number of nitrogens with one attached hydrogen (secondary N) is 1. The minimum atomic E-state index is -0.369. The third-order valence-corrected chi connectivity index (χ3v) is 6.63. The molecule has 0 saturated carbocycles. The molecule has 2 aromatic carbocycles. The van der Waals surface area contributed by atoms with Gasteiger partial charge in [-0.3, -0.25) is 4.98 Å². The lowest BCUT2D eigenvalue weighted by Crippen LogP contribution is -2.29. The molecule has 1 saturated heterocycles. The smallest absolute Gasteiger partial charge is 0.174 e. The Morgan fingerprint density at radius 3 is 2.62 bits per heavy atom. The number of hydrogen-bond donors (Lipinski definition) is 2. The van der Waals surface area contributed by atoms with Crippen LogP contribution in [0.2, 0.25) is 5.02 Å². The molecule has 5 rings (SSSR count). The molecule has 2 atom stereocenters. The summed E-state index contributed by atoms with van der Waals surface area (Å²) in [5.74, 6) is 0.779. The van der Waals surface area contributed by atoms with Crippen LogP contribution in [0, 0.1) is 0 Å². The van der Waals surface area contributed by atoms with Crippen molar-refractivity contribution in [2.24, 2.45) is 0 Å². The lowest BCUT2D eigenvalue weighted by molar-refractivity contribution is 0.382. The van der Waals surface area contributed by atoms with E-state index in [1.54, 1.807) is 36.2 Å². The first-order valence-corrected chi connectivity index (χ1v) is 11.5. The van der Waals surface area contributed by atoms with Gasteiger partial charge in [0.2, 0.25) is 0 Å². The number of aromatic hydroxyl groups is 1. The zero-order valence-corrected chi connectivity index (χ0v) is 19.1. The average molecular weight is 480 g/mol. The summed E-state index contributed by atoms with van der Waals surface area (Å²) in [6.45, 7) is 0. The fourth-order valence-corrected chi connectivity index (χ4v) is 5.05. The highest BCUT2D eigenvalue weighted by atomic mass is 35.5. The number of anilines is 1. The fourth-order valence-electron chi connectivity index (χ4n) is 3.75. The van der Waals surface area contributed by atoms with Crippen molar-refractivity contribution >= 4 is 46.4 Å². The van der Waals surface area contributed by atoms with Crippen molar-refractivity contribution in [3.05, 3.63) is 102 Å². The average Bonchev–Trinajstić information content (AvgIpc) is 3.40. The molecule has 32 heavy (non-hydrogen) atoms. The molecule has 2 N–H and O–H groups in total. The number of benzene rings is 2. The van der Waals surface area contributed by atoms with Crippen LogP contribution in [0.5, 0.6) is 5.75 Å². The topological polar surface area (TPSA) is 61.5 Å². The number of thiocarbonyl (C=S) groups is 1. The normalized spacial score (nSPS) is 18.0. The molecule has 0 bridgehead atoms. The molecule has 0 aliphatic carbocycles.